The van der Waals surface area contributed by atoms with Gasteiger partial charge >= 0.3 is 6.09 Å². The highest BCUT2D eigenvalue weighted by molar-refractivity contribution is 5.70. The third-order valence-corrected chi connectivity index (χ3v) is 5.82. The topological polar surface area (TPSA) is 32.8 Å². The summed E-state index contributed by atoms with van der Waals surface area (Å²) < 4.78 is 5.53. The van der Waals surface area contributed by atoms with E-state index in [1.54, 1.807) is 0 Å². The predicted molar refractivity (Wildman–Crippen MR) is 102 cm³/mol. The molecule has 2 heterocycles. The normalized spacial score (nSPS) is 20.1. The molecule has 4 nitrogen and oxygen atoms in total. The van der Waals surface area contributed by atoms with Gasteiger partial charge in [-0.15, -0.1) is 0 Å². The van der Waals surface area contributed by atoms with Gasteiger partial charge in [-0.1, -0.05) is 48.5 Å². The van der Waals surface area contributed by atoms with Crippen LogP contribution in [0.1, 0.15) is 31.2 Å². The number of likely N-dealkylation sites (tertiary alicyclic amines) is 2. The quantitative estimate of drug-likeness (QED) is 0.829. The third kappa shape index (κ3) is 3.34. The molecule has 0 saturated carbocycles. The van der Waals surface area contributed by atoms with Gasteiger partial charge in [-0.05, 0) is 56.5 Å². The van der Waals surface area contributed by atoms with Crippen molar-refractivity contribution in [3.63, 3.8) is 0 Å². The molecular formula is C22H26N2O2. The summed E-state index contributed by atoms with van der Waals surface area (Å²) >= 11 is 0. The van der Waals surface area contributed by atoms with Crippen molar-refractivity contribution in [2.45, 2.75) is 31.2 Å². The standard InChI is InChI=1S/C22H26N2O2/c25-21(26-20-11-5-2-6-12-20)23-17-13-22(14-18-23,24-15-7-8-16-24)19-9-3-1-4-10-19/h1-6,9-12H,7-8,13-18H2. The minimum absolute atomic E-state index is 0.0568. The minimum Gasteiger partial charge on any atom is -0.410 e. The first-order chi connectivity index (χ1) is 12.8. The Hall–Kier alpha value is -2.33. The van der Waals surface area contributed by atoms with Crippen molar-refractivity contribution in [1.82, 2.24) is 9.80 Å². The van der Waals surface area contributed by atoms with Gasteiger partial charge in [-0.3, -0.25) is 4.90 Å². The molecule has 0 radical (unpaired) electrons. The highest BCUT2D eigenvalue weighted by atomic mass is 16.6. The molecule has 4 rings (SSSR count). The Bertz CT molecular complexity index is 718. The number of benzene rings is 2. The first-order valence-corrected chi connectivity index (χ1v) is 9.60. The van der Waals surface area contributed by atoms with Gasteiger partial charge in [0.15, 0.2) is 0 Å². The van der Waals surface area contributed by atoms with E-state index < -0.39 is 0 Å². The lowest BCUT2D eigenvalue weighted by Gasteiger charge is -2.47. The van der Waals surface area contributed by atoms with Crippen molar-refractivity contribution in [3.8, 4) is 5.75 Å². The Labute approximate surface area is 155 Å². The van der Waals surface area contributed by atoms with Crippen LogP contribution in [0.15, 0.2) is 60.7 Å². The second kappa shape index (κ2) is 7.50. The van der Waals surface area contributed by atoms with Gasteiger partial charge in [-0.2, -0.15) is 0 Å². The van der Waals surface area contributed by atoms with Crippen LogP contribution >= 0.6 is 0 Å². The maximum Gasteiger partial charge on any atom is 0.415 e. The summed E-state index contributed by atoms with van der Waals surface area (Å²) in [5.41, 5.74) is 1.44. The van der Waals surface area contributed by atoms with Crippen LogP contribution in [0.2, 0.25) is 0 Å². The molecule has 2 fully saturated rings. The fourth-order valence-electron chi connectivity index (χ4n) is 4.39. The second-order valence-corrected chi connectivity index (χ2v) is 7.26. The molecule has 2 aliphatic heterocycles. The highest BCUT2D eigenvalue weighted by Crippen LogP contribution is 2.40. The van der Waals surface area contributed by atoms with Crippen LogP contribution < -0.4 is 4.74 Å². The van der Waals surface area contributed by atoms with E-state index in [1.807, 2.05) is 35.2 Å². The summed E-state index contributed by atoms with van der Waals surface area (Å²) in [5, 5.41) is 0. The van der Waals surface area contributed by atoms with Crippen LogP contribution in [0.4, 0.5) is 4.79 Å². The monoisotopic (exact) mass is 350 g/mol. The number of para-hydroxylation sites is 1. The summed E-state index contributed by atoms with van der Waals surface area (Å²) in [4.78, 5) is 17.0. The number of carbonyl (C=O) groups excluding carboxylic acids is 1. The molecule has 1 amide bonds. The molecule has 2 aromatic rings. The molecule has 0 bridgehead atoms. The Kier molecular flexibility index (Phi) is 4.93. The Balaban J connectivity index is 1.48. The summed E-state index contributed by atoms with van der Waals surface area (Å²) in [6.07, 6.45) is 4.23. The number of hydrogen-bond donors (Lipinski definition) is 0. The van der Waals surface area contributed by atoms with Crippen LogP contribution in [0.25, 0.3) is 0 Å². The van der Waals surface area contributed by atoms with Gasteiger partial charge in [0.1, 0.15) is 5.75 Å². The number of nitrogens with zero attached hydrogens (tertiary/aromatic N) is 2. The van der Waals surface area contributed by atoms with E-state index in [-0.39, 0.29) is 11.6 Å². The summed E-state index contributed by atoms with van der Waals surface area (Å²) in [6, 6.07) is 20.1. The minimum atomic E-state index is -0.237. The van der Waals surface area contributed by atoms with E-state index in [2.05, 4.69) is 35.2 Å². The highest BCUT2D eigenvalue weighted by Gasteiger charge is 2.43. The van der Waals surface area contributed by atoms with Crippen LogP contribution in [-0.4, -0.2) is 42.1 Å². The molecule has 0 atom stereocenters. The van der Waals surface area contributed by atoms with Crippen molar-refractivity contribution < 1.29 is 9.53 Å². The van der Waals surface area contributed by atoms with Crippen molar-refractivity contribution >= 4 is 6.09 Å². The number of ether oxygens (including phenoxy) is 1. The maximum atomic E-state index is 12.5. The van der Waals surface area contributed by atoms with Gasteiger partial charge < -0.3 is 9.64 Å². The van der Waals surface area contributed by atoms with Gasteiger partial charge in [0, 0.05) is 18.6 Å². The van der Waals surface area contributed by atoms with Crippen molar-refractivity contribution in [2.24, 2.45) is 0 Å². The summed E-state index contributed by atoms with van der Waals surface area (Å²) in [6.45, 7) is 3.78. The molecule has 136 valence electrons. The fourth-order valence-corrected chi connectivity index (χ4v) is 4.39. The lowest BCUT2D eigenvalue weighted by Crippen LogP contribution is -2.53. The number of amides is 1. The molecule has 2 aromatic carbocycles. The fraction of sp³-hybridized carbons (Fsp3) is 0.409. The van der Waals surface area contributed by atoms with Crippen LogP contribution in [0, 0.1) is 0 Å². The molecule has 0 spiro atoms. The summed E-state index contributed by atoms with van der Waals surface area (Å²) in [7, 11) is 0. The van der Waals surface area contributed by atoms with E-state index in [4.69, 9.17) is 4.74 Å². The molecule has 0 aromatic heterocycles. The Morgan fingerprint density at radius 1 is 0.808 bits per heavy atom. The lowest BCUT2D eigenvalue weighted by molar-refractivity contribution is 0.0374. The molecule has 4 heteroatoms. The molecule has 0 unspecified atom stereocenters. The van der Waals surface area contributed by atoms with Gasteiger partial charge in [-0.25, -0.2) is 4.79 Å². The zero-order valence-corrected chi connectivity index (χ0v) is 15.1. The first-order valence-electron chi connectivity index (χ1n) is 9.60. The predicted octanol–water partition coefficient (Wildman–Crippen LogP) is 4.27. The van der Waals surface area contributed by atoms with E-state index in [1.165, 1.54) is 18.4 Å². The molecular weight excluding hydrogens is 324 g/mol. The average Bonchev–Trinajstić information content (AvgIpc) is 3.25. The van der Waals surface area contributed by atoms with Crippen molar-refractivity contribution in [1.29, 1.82) is 0 Å². The molecule has 2 aliphatic rings. The molecule has 26 heavy (non-hydrogen) atoms. The number of hydrogen-bond acceptors (Lipinski definition) is 3. The molecule has 0 N–H and O–H groups in total. The first kappa shape index (κ1) is 17.1. The SMILES string of the molecule is O=C(Oc1ccccc1)N1CCC(c2ccccc2)(N2CCCC2)CC1. The summed E-state index contributed by atoms with van der Waals surface area (Å²) in [5.74, 6) is 0.608. The zero-order chi connectivity index (χ0) is 17.8. The van der Waals surface area contributed by atoms with Gasteiger partial charge in [0.05, 0.1) is 0 Å². The van der Waals surface area contributed by atoms with Crippen molar-refractivity contribution in [3.05, 3.63) is 66.2 Å². The van der Waals surface area contributed by atoms with Crippen LogP contribution in [0.5, 0.6) is 5.75 Å². The second-order valence-electron chi connectivity index (χ2n) is 7.26. The van der Waals surface area contributed by atoms with Crippen molar-refractivity contribution in [2.75, 3.05) is 26.2 Å². The van der Waals surface area contributed by atoms with Crippen LogP contribution in [-0.2, 0) is 5.54 Å². The van der Waals surface area contributed by atoms with E-state index in [0.29, 0.717) is 5.75 Å². The lowest BCUT2D eigenvalue weighted by atomic mass is 9.79. The number of rotatable bonds is 3. The van der Waals surface area contributed by atoms with E-state index >= 15 is 0 Å². The van der Waals surface area contributed by atoms with E-state index in [9.17, 15) is 4.79 Å². The Morgan fingerprint density at radius 2 is 1.38 bits per heavy atom. The largest absolute Gasteiger partial charge is 0.415 e. The van der Waals surface area contributed by atoms with E-state index in [0.717, 1.165) is 39.0 Å². The smallest absolute Gasteiger partial charge is 0.410 e. The van der Waals surface area contributed by atoms with Gasteiger partial charge in [0.2, 0.25) is 0 Å². The number of carbonyl (C=O) groups is 1. The Morgan fingerprint density at radius 3 is 2.00 bits per heavy atom. The van der Waals surface area contributed by atoms with Crippen LogP contribution in [0.3, 0.4) is 0 Å². The maximum absolute atomic E-state index is 12.5. The average molecular weight is 350 g/mol. The van der Waals surface area contributed by atoms with Gasteiger partial charge in [0.25, 0.3) is 0 Å². The molecule has 2 saturated heterocycles. The zero-order valence-electron chi connectivity index (χ0n) is 15.1. The third-order valence-electron chi connectivity index (χ3n) is 5.82. The number of piperidine rings is 1. The molecule has 0 aliphatic carbocycles.